The van der Waals surface area contributed by atoms with Gasteiger partial charge in [0.1, 0.15) is 6.61 Å². The smallest absolute Gasteiger partial charge is 0.338 e. The van der Waals surface area contributed by atoms with E-state index in [1.807, 2.05) is 44.2 Å². The Labute approximate surface area is 113 Å². The van der Waals surface area contributed by atoms with E-state index in [9.17, 15) is 9.90 Å². The number of esters is 1. The molecule has 1 aromatic carbocycles. The Morgan fingerprint density at radius 3 is 2.63 bits per heavy atom. The molecule has 0 aromatic heterocycles. The summed E-state index contributed by atoms with van der Waals surface area (Å²) in [7, 11) is 0. The summed E-state index contributed by atoms with van der Waals surface area (Å²) >= 11 is 0. The van der Waals surface area contributed by atoms with Gasteiger partial charge in [0.2, 0.25) is 0 Å². The highest BCUT2D eigenvalue weighted by Gasteiger charge is 2.22. The molecule has 0 bridgehead atoms. The molecule has 1 aliphatic carbocycles. The summed E-state index contributed by atoms with van der Waals surface area (Å²) < 4.78 is 5.27. The molecular weight excluding hydrogens is 240 g/mol. The van der Waals surface area contributed by atoms with Crippen molar-refractivity contribution in [2.45, 2.75) is 26.6 Å². The zero-order valence-electron chi connectivity index (χ0n) is 11.2. The molecule has 0 radical (unpaired) electrons. The lowest BCUT2D eigenvalue weighted by atomic mass is 9.89. The molecule has 2 atom stereocenters. The van der Waals surface area contributed by atoms with Crippen LogP contribution in [0.4, 0.5) is 0 Å². The third kappa shape index (κ3) is 3.32. The van der Waals surface area contributed by atoms with E-state index in [0.717, 1.165) is 11.1 Å². The van der Waals surface area contributed by atoms with Crippen molar-refractivity contribution in [1.82, 2.24) is 0 Å². The maximum absolute atomic E-state index is 12.0. The molecule has 1 N–H and O–H groups in total. The van der Waals surface area contributed by atoms with E-state index in [0.29, 0.717) is 5.57 Å². The van der Waals surface area contributed by atoms with E-state index in [1.54, 1.807) is 12.2 Å². The van der Waals surface area contributed by atoms with E-state index in [2.05, 4.69) is 0 Å². The van der Waals surface area contributed by atoms with Gasteiger partial charge in [0.15, 0.2) is 0 Å². The van der Waals surface area contributed by atoms with Crippen LogP contribution in [-0.2, 0) is 16.1 Å². The minimum absolute atomic E-state index is 0.0655. The van der Waals surface area contributed by atoms with Crippen LogP contribution in [0.1, 0.15) is 19.4 Å². The molecule has 0 aliphatic heterocycles. The third-order valence-corrected chi connectivity index (χ3v) is 3.24. The van der Waals surface area contributed by atoms with Crippen molar-refractivity contribution < 1.29 is 14.6 Å². The van der Waals surface area contributed by atoms with Gasteiger partial charge in [-0.25, -0.2) is 4.79 Å². The van der Waals surface area contributed by atoms with Gasteiger partial charge in [0.05, 0.1) is 11.7 Å². The van der Waals surface area contributed by atoms with Crippen LogP contribution in [0.2, 0.25) is 0 Å². The van der Waals surface area contributed by atoms with Gasteiger partial charge in [-0.3, -0.25) is 0 Å². The second kappa shape index (κ2) is 5.85. The zero-order valence-corrected chi connectivity index (χ0v) is 11.2. The number of aliphatic hydroxyl groups is 1. The van der Waals surface area contributed by atoms with Gasteiger partial charge in [0, 0.05) is 5.92 Å². The van der Waals surface area contributed by atoms with Gasteiger partial charge in [0.25, 0.3) is 0 Å². The molecule has 0 saturated carbocycles. The summed E-state index contributed by atoms with van der Waals surface area (Å²) in [5.41, 5.74) is 2.27. The van der Waals surface area contributed by atoms with Gasteiger partial charge < -0.3 is 9.84 Å². The summed E-state index contributed by atoms with van der Waals surface area (Å²) in [6.07, 6.45) is 2.94. The van der Waals surface area contributed by atoms with Gasteiger partial charge >= 0.3 is 5.97 Å². The van der Waals surface area contributed by atoms with Crippen LogP contribution in [0.15, 0.2) is 53.6 Å². The van der Waals surface area contributed by atoms with Crippen LogP contribution in [0.5, 0.6) is 0 Å². The molecule has 1 aliphatic rings. The second-order valence-electron chi connectivity index (χ2n) is 4.88. The number of benzene rings is 1. The van der Waals surface area contributed by atoms with Gasteiger partial charge in [-0.1, -0.05) is 43.3 Å². The molecule has 0 amide bonds. The largest absolute Gasteiger partial charge is 0.457 e. The highest BCUT2D eigenvalue weighted by atomic mass is 16.5. The molecule has 1 aromatic rings. The Kier molecular flexibility index (Phi) is 4.17. The van der Waals surface area contributed by atoms with Gasteiger partial charge in [-0.15, -0.1) is 0 Å². The number of rotatable bonds is 3. The van der Waals surface area contributed by atoms with E-state index in [1.165, 1.54) is 0 Å². The topological polar surface area (TPSA) is 46.5 Å². The van der Waals surface area contributed by atoms with Crippen LogP contribution >= 0.6 is 0 Å². The number of hydrogen-bond donors (Lipinski definition) is 1. The zero-order chi connectivity index (χ0) is 13.8. The fourth-order valence-electron chi connectivity index (χ4n) is 2.10. The summed E-state index contributed by atoms with van der Waals surface area (Å²) in [4.78, 5) is 12.0. The average molecular weight is 258 g/mol. The molecule has 2 rings (SSSR count). The Bertz CT molecular complexity index is 514. The number of carbonyl (C=O) groups excluding carboxylic acids is 1. The second-order valence-corrected chi connectivity index (χ2v) is 4.88. The number of aliphatic hydroxyl groups excluding tert-OH is 1. The standard InChI is InChI=1S/C16H18O3/c1-11-8-14(9-12(2)15(11)17)16(18)19-10-13-6-4-3-5-7-13/h3-9,11,15,17H,10H2,1-2H3. The van der Waals surface area contributed by atoms with Crippen LogP contribution in [0, 0.1) is 5.92 Å². The average Bonchev–Trinajstić information content (AvgIpc) is 2.42. The Morgan fingerprint density at radius 2 is 2.00 bits per heavy atom. The number of carbonyl (C=O) groups is 1. The van der Waals surface area contributed by atoms with Crippen LogP contribution in [-0.4, -0.2) is 17.2 Å². The van der Waals surface area contributed by atoms with Crippen LogP contribution < -0.4 is 0 Å². The lowest BCUT2D eigenvalue weighted by Gasteiger charge is -2.22. The predicted molar refractivity (Wildman–Crippen MR) is 73.2 cm³/mol. The molecule has 100 valence electrons. The molecular formula is C16H18O3. The van der Waals surface area contributed by atoms with Crippen LogP contribution in [0.25, 0.3) is 0 Å². The van der Waals surface area contributed by atoms with E-state index in [4.69, 9.17) is 4.74 Å². The monoisotopic (exact) mass is 258 g/mol. The fraction of sp³-hybridized carbons (Fsp3) is 0.312. The molecule has 3 nitrogen and oxygen atoms in total. The minimum Gasteiger partial charge on any atom is -0.457 e. The van der Waals surface area contributed by atoms with Crippen molar-refractivity contribution in [3.8, 4) is 0 Å². The molecule has 0 spiro atoms. The van der Waals surface area contributed by atoms with Gasteiger partial charge in [-0.2, -0.15) is 0 Å². The Hall–Kier alpha value is -1.87. The fourth-order valence-corrected chi connectivity index (χ4v) is 2.10. The number of ether oxygens (including phenoxy) is 1. The van der Waals surface area contributed by atoms with E-state index < -0.39 is 6.10 Å². The van der Waals surface area contributed by atoms with Crippen molar-refractivity contribution >= 4 is 5.97 Å². The third-order valence-electron chi connectivity index (χ3n) is 3.24. The summed E-state index contributed by atoms with van der Waals surface area (Å²) in [5, 5.41) is 9.79. The first kappa shape index (κ1) is 13.6. The van der Waals surface area contributed by atoms with Crippen molar-refractivity contribution in [2.24, 2.45) is 5.92 Å². The molecule has 0 fully saturated rings. The van der Waals surface area contributed by atoms with Crippen molar-refractivity contribution in [3.63, 3.8) is 0 Å². The molecule has 3 heteroatoms. The van der Waals surface area contributed by atoms with E-state index >= 15 is 0 Å². The first-order valence-electron chi connectivity index (χ1n) is 6.37. The Balaban J connectivity index is 1.99. The van der Waals surface area contributed by atoms with Gasteiger partial charge in [-0.05, 0) is 24.1 Å². The highest BCUT2D eigenvalue weighted by Crippen LogP contribution is 2.23. The molecule has 0 heterocycles. The first-order valence-corrected chi connectivity index (χ1v) is 6.37. The molecule has 19 heavy (non-hydrogen) atoms. The first-order chi connectivity index (χ1) is 9.08. The molecule has 2 unspecified atom stereocenters. The number of hydrogen-bond acceptors (Lipinski definition) is 3. The lowest BCUT2D eigenvalue weighted by molar-refractivity contribution is -0.140. The summed E-state index contributed by atoms with van der Waals surface area (Å²) in [5.74, 6) is -0.411. The maximum Gasteiger partial charge on any atom is 0.338 e. The van der Waals surface area contributed by atoms with Crippen molar-refractivity contribution in [1.29, 1.82) is 0 Å². The summed E-state index contributed by atoms with van der Waals surface area (Å²) in [6.45, 7) is 3.96. The quantitative estimate of drug-likeness (QED) is 0.848. The highest BCUT2D eigenvalue weighted by molar-refractivity contribution is 5.92. The predicted octanol–water partition coefficient (Wildman–Crippen LogP) is 2.61. The normalized spacial score (nSPS) is 22.5. The lowest BCUT2D eigenvalue weighted by Crippen LogP contribution is -2.23. The van der Waals surface area contributed by atoms with Crippen molar-refractivity contribution in [2.75, 3.05) is 0 Å². The van der Waals surface area contributed by atoms with E-state index in [-0.39, 0.29) is 18.5 Å². The van der Waals surface area contributed by atoms with Crippen molar-refractivity contribution in [3.05, 3.63) is 59.2 Å². The maximum atomic E-state index is 12.0. The van der Waals surface area contributed by atoms with Crippen LogP contribution in [0.3, 0.4) is 0 Å². The Morgan fingerprint density at radius 1 is 1.32 bits per heavy atom. The SMILES string of the molecule is CC1=CC(C(=O)OCc2ccccc2)=CC(C)C1O. The summed E-state index contributed by atoms with van der Waals surface area (Å²) in [6, 6.07) is 9.56. The minimum atomic E-state index is -0.509. The molecule has 0 saturated heterocycles.